The number of fused-ring (bicyclic) bond motifs is 1. The van der Waals surface area contributed by atoms with Gasteiger partial charge in [-0.15, -0.1) is 0 Å². The van der Waals surface area contributed by atoms with E-state index in [1.807, 2.05) is 37.3 Å². The van der Waals surface area contributed by atoms with Crippen LogP contribution in [-0.2, 0) is 0 Å². The highest BCUT2D eigenvalue weighted by atomic mass is 28.3. The van der Waals surface area contributed by atoms with Crippen LogP contribution in [0.2, 0.25) is 19.6 Å². The first-order valence-corrected chi connectivity index (χ1v) is 11.0. The predicted molar refractivity (Wildman–Crippen MR) is 94.9 cm³/mol. The molecule has 0 unspecified atom stereocenters. The summed E-state index contributed by atoms with van der Waals surface area (Å²) in [6.07, 6.45) is 1.80. The third-order valence-corrected chi connectivity index (χ3v) is 6.12. The molecule has 3 heteroatoms. The van der Waals surface area contributed by atoms with Crippen molar-refractivity contribution < 1.29 is 4.39 Å². The van der Waals surface area contributed by atoms with E-state index in [2.05, 4.69) is 30.7 Å². The minimum absolute atomic E-state index is 0.132. The summed E-state index contributed by atoms with van der Waals surface area (Å²) >= 11 is 0. The highest BCUT2D eigenvalue weighted by Crippen LogP contribution is 2.29. The van der Waals surface area contributed by atoms with E-state index in [4.69, 9.17) is 0 Å². The standard InChI is InChI=1S/C19H20FNSi/c1-13-18-15(10-16(11-17(18)20)22(2,3)4)12-21-19(13)14-8-6-5-7-9-14/h5-12H,1-4H3. The summed E-state index contributed by atoms with van der Waals surface area (Å²) in [6.45, 7) is 8.64. The molecule has 1 nitrogen and oxygen atoms in total. The number of hydrogen-bond donors (Lipinski definition) is 0. The number of benzene rings is 2. The average molecular weight is 309 g/mol. The van der Waals surface area contributed by atoms with Crippen LogP contribution in [0.5, 0.6) is 0 Å². The Labute approximate surface area is 131 Å². The van der Waals surface area contributed by atoms with E-state index in [-0.39, 0.29) is 5.82 Å². The van der Waals surface area contributed by atoms with E-state index in [9.17, 15) is 4.39 Å². The van der Waals surface area contributed by atoms with Gasteiger partial charge < -0.3 is 0 Å². The average Bonchev–Trinajstić information content (AvgIpc) is 2.47. The first kappa shape index (κ1) is 14.9. The van der Waals surface area contributed by atoms with Gasteiger partial charge in [0.25, 0.3) is 0 Å². The second kappa shape index (κ2) is 5.32. The fraction of sp³-hybridized carbons (Fsp3) is 0.211. The third-order valence-electron chi connectivity index (χ3n) is 4.10. The molecule has 3 aromatic rings. The van der Waals surface area contributed by atoms with Crippen LogP contribution in [0.4, 0.5) is 4.39 Å². The number of aromatic nitrogens is 1. The summed E-state index contributed by atoms with van der Waals surface area (Å²) in [5, 5.41) is 2.72. The van der Waals surface area contributed by atoms with Gasteiger partial charge in [-0.2, -0.15) is 0 Å². The molecule has 1 heterocycles. The van der Waals surface area contributed by atoms with Gasteiger partial charge in [-0.05, 0) is 18.6 Å². The number of halogens is 1. The van der Waals surface area contributed by atoms with Gasteiger partial charge in [0.15, 0.2) is 0 Å². The van der Waals surface area contributed by atoms with Crippen molar-refractivity contribution in [2.24, 2.45) is 0 Å². The molecule has 0 saturated heterocycles. The predicted octanol–water partition coefficient (Wildman–Crippen LogP) is 4.89. The van der Waals surface area contributed by atoms with E-state index in [0.717, 1.165) is 27.4 Å². The Morgan fingerprint density at radius 1 is 1.00 bits per heavy atom. The molecular formula is C19H20FNSi. The van der Waals surface area contributed by atoms with Crippen LogP contribution in [0, 0.1) is 12.7 Å². The topological polar surface area (TPSA) is 12.9 Å². The lowest BCUT2D eigenvalue weighted by atomic mass is 10.0. The molecule has 0 aliphatic rings. The van der Waals surface area contributed by atoms with Gasteiger partial charge in [-0.3, -0.25) is 4.98 Å². The van der Waals surface area contributed by atoms with Gasteiger partial charge >= 0.3 is 0 Å². The Morgan fingerprint density at radius 3 is 2.32 bits per heavy atom. The van der Waals surface area contributed by atoms with E-state index in [1.165, 1.54) is 0 Å². The van der Waals surface area contributed by atoms with Gasteiger partial charge in [0, 0.05) is 22.5 Å². The Bertz CT molecular complexity index is 835. The van der Waals surface area contributed by atoms with Gasteiger partial charge in [0.1, 0.15) is 5.82 Å². The molecule has 0 bridgehead atoms. The molecule has 0 radical (unpaired) electrons. The lowest BCUT2D eigenvalue weighted by Gasteiger charge is -2.18. The maximum atomic E-state index is 14.7. The molecule has 0 saturated carbocycles. The molecular weight excluding hydrogens is 289 g/mol. The van der Waals surface area contributed by atoms with Crippen LogP contribution in [0.3, 0.4) is 0 Å². The Balaban J connectivity index is 2.27. The number of aryl methyl sites for hydroxylation is 1. The number of hydrogen-bond acceptors (Lipinski definition) is 1. The van der Waals surface area contributed by atoms with Crippen molar-refractivity contribution in [2.75, 3.05) is 0 Å². The van der Waals surface area contributed by atoms with Gasteiger partial charge in [-0.25, -0.2) is 4.39 Å². The molecule has 0 N–H and O–H groups in total. The number of pyridine rings is 1. The zero-order chi connectivity index (χ0) is 15.9. The van der Waals surface area contributed by atoms with Gasteiger partial charge in [0.05, 0.1) is 13.8 Å². The van der Waals surface area contributed by atoms with Crippen molar-refractivity contribution in [1.29, 1.82) is 0 Å². The minimum Gasteiger partial charge on any atom is -0.255 e. The SMILES string of the molecule is Cc1c(-c2ccccc2)ncc2cc([Si](C)(C)C)cc(F)c12. The van der Waals surface area contributed by atoms with E-state index in [0.29, 0.717) is 5.39 Å². The number of nitrogens with zero attached hydrogens (tertiary/aromatic N) is 1. The maximum Gasteiger partial charge on any atom is 0.131 e. The van der Waals surface area contributed by atoms with Crippen LogP contribution in [0.25, 0.3) is 22.0 Å². The van der Waals surface area contributed by atoms with Gasteiger partial charge in [0.2, 0.25) is 0 Å². The zero-order valence-corrected chi connectivity index (χ0v) is 14.4. The van der Waals surface area contributed by atoms with Crippen molar-refractivity contribution in [3.05, 3.63) is 60.0 Å². The van der Waals surface area contributed by atoms with Crippen LogP contribution >= 0.6 is 0 Å². The summed E-state index contributed by atoms with van der Waals surface area (Å²) in [4.78, 5) is 4.59. The van der Waals surface area contributed by atoms with Crippen molar-refractivity contribution in [3.8, 4) is 11.3 Å². The van der Waals surface area contributed by atoms with Crippen LogP contribution < -0.4 is 5.19 Å². The highest BCUT2D eigenvalue weighted by molar-refractivity contribution is 6.88. The molecule has 3 rings (SSSR count). The summed E-state index contributed by atoms with van der Waals surface area (Å²) in [5.41, 5.74) is 2.78. The Kier molecular flexibility index (Phi) is 3.61. The molecule has 0 aliphatic heterocycles. The smallest absolute Gasteiger partial charge is 0.131 e. The molecule has 2 aromatic carbocycles. The monoisotopic (exact) mass is 309 g/mol. The fourth-order valence-corrected chi connectivity index (χ4v) is 3.94. The van der Waals surface area contributed by atoms with Crippen LogP contribution in [0.15, 0.2) is 48.7 Å². The molecule has 0 aliphatic carbocycles. The lowest BCUT2D eigenvalue weighted by Crippen LogP contribution is -2.37. The summed E-state index contributed by atoms with van der Waals surface area (Å²) in [6, 6.07) is 13.8. The molecule has 1 aromatic heterocycles. The fourth-order valence-electron chi connectivity index (χ4n) is 2.79. The largest absolute Gasteiger partial charge is 0.255 e. The zero-order valence-electron chi connectivity index (χ0n) is 13.4. The van der Waals surface area contributed by atoms with Crippen molar-refractivity contribution in [3.63, 3.8) is 0 Å². The van der Waals surface area contributed by atoms with Gasteiger partial charge in [-0.1, -0.05) is 61.2 Å². The molecule has 22 heavy (non-hydrogen) atoms. The quantitative estimate of drug-likeness (QED) is 0.614. The molecule has 112 valence electrons. The summed E-state index contributed by atoms with van der Waals surface area (Å²) in [7, 11) is -1.54. The molecule has 0 atom stereocenters. The van der Waals surface area contributed by atoms with Crippen LogP contribution in [-0.4, -0.2) is 13.1 Å². The first-order chi connectivity index (χ1) is 10.4. The summed E-state index contributed by atoms with van der Waals surface area (Å²) < 4.78 is 14.7. The maximum absolute atomic E-state index is 14.7. The first-order valence-electron chi connectivity index (χ1n) is 7.52. The molecule has 0 spiro atoms. The third kappa shape index (κ3) is 2.57. The summed E-state index contributed by atoms with van der Waals surface area (Å²) in [5.74, 6) is -0.132. The van der Waals surface area contributed by atoms with E-state index >= 15 is 0 Å². The number of rotatable bonds is 2. The molecule has 0 fully saturated rings. The molecule has 0 amide bonds. The second-order valence-electron chi connectivity index (χ2n) is 6.77. The minimum atomic E-state index is -1.54. The van der Waals surface area contributed by atoms with Crippen molar-refractivity contribution in [1.82, 2.24) is 4.98 Å². The normalized spacial score (nSPS) is 11.9. The van der Waals surface area contributed by atoms with Crippen LogP contribution in [0.1, 0.15) is 5.56 Å². The van der Waals surface area contributed by atoms with E-state index < -0.39 is 8.07 Å². The lowest BCUT2D eigenvalue weighted by molar-refractivity contribution is 0.640. The second-order valence-corrected chi connectivity index (χ2v) is 11.8. The Hall–Kier alpha value is -2.00. The van der Waals surface area contributed by atoms with Crippen molar-refractivity contribution in [2.45, 2.75) is 26.6 Å². The van der Waals surface area contributed by atoms with Crippen molar-refractivity contribution >= 4 is 24.0 Å². The highest BCUT2D eigenvalue weighted by Gasteiger charge is 2.20. The Morgan fingerprint density at radius 2 is 1.68 bits per heavy atom. The van der Waals surface area contributed by atoms with E-state index in [1.54, 1.807) is 12.3 Å².